The zero-order chi connectivity index (χ0) is 14.4. The lowest BCUT2D eigenvalue weighted by Gasteiger charge is -2.19. The van der Waals surface area contributed by atoms with E-state index in [9.17, 15) is 4.79 Å². The SMILES string of the molecule is CCOC(=O)c1cnc(SC)nc1N[C@@H](C)C(C)C. The van der Waals surface area contributed by atoms with Crippen LogP contribution in [0.5, 0.6) is 0 Å². The minimum absolute atomic E-state index is 0.206. The van der Waals surface area contributed by atoms with Crippen molar-refractivity contribution in [1.29, 1.82) is 0 Å². The van der Waals surface area contributed by atoms with Crippen LogP contribution in [-0.2, 0) is 4.74 Å². The third kappa shape index (κ3) is 4.38. The van der Waals surface area contributed by atoms with E-state index in [0.717, 1.165) is 0 Å². The monoisotopic (exact) mass is 283 g/mol. The Labute approximate surface area is 118 Å². The highest BCUT2D eigenvalue weighted by Gasteiger charge is 2.18. The van der Waals surface area contributed by atoms with Crippen LogP contribution in [0, 0.1) is 5.92 Å². The number of carbonyl (C=O) groups excluding carboxylic acids is 1. The van der Waals surface area contributed by atoms with Crippen molar-refractivity contribution in [3.05, 3.63) is 11.8 Å². The Kier molecular flexibility index (Phi) is 6.08. The second-order valence-electron chi connectivity index (χ2n) is 4.52. The number of hydrogen-bond acceptors (Lipinski definition) is 6. The van der Waals surface area contributed by atoms with Gasteiger partial charge in [0.25, 0.3) is 0 Å². The van der Waals surface area contributed by atoms with Gasteiger partial charge in [0.2, 0.25) is 0 Å². The fourth-order valence-electron chi connectivity index (χ4n) is 1.31. The molecule has 6 heteroatoms. The molecule has 1 atom stereocenters. The standard InChI is InChI=1S/C13H21N3O2S/c1-6-18-12(17)10-7-14-13(19-5)16-11(10)15-9(4)8(2)3/h7-9H,6H2,1-5H3,(H,14,15,16)/t9-/m0/s1. The summed E-state index contributed by atoms with van der Waals surface area (Å²) in [5, 5.41) is 3.89. The summed E-state index contributed by atoms with van der Waals surface area (Å²) in [6.45, 7) is 8.39. The summed E-state index contributed by atoms with van der Waals surface area (Å²) in [7, 11) is 0. The molecule has 106 valence electrons. The van der Waals surface area contributed by atoms with Gasteiger partial charge in [-0.3, -0.25) is 0 Å². The molecule has 0 unspecified atom stereocenters. The number of anilines is 1. The molecule has 0 saturated carbocycles. The van der Waals surface area contributed by atoms with Gasteiger partial charge in [-0.05, 0) is 26.0 Å². The van der Waals surface area contributed by atoms with Crippen molar-refractivity contribution < 1.29 is 9.53 Å². The second kappa shape index (κ2) is 7.33. The van der Waals surface area contributed by atoms with E-state index in [1.165, 1.54) is 18.0 Å². The van der Waals surface area contributed by atoms with E-state index >= 15 is 0 Å². The molecule has 5 nitrogen and oxygen atoms in total. The lowest BCUT2D eigenvalue weighted by molar-refractivity contribution is 0.0526. The topological polar surface area (TPSA) is 64.1 Å². The maximum atomic E-state index is 11.9. The van der Waals surface area contributed by atoms with Crippen molar-refractivity contribution in [2.24, 2.45) is 5.92 Å². The predicted octanol–water partition coefficient (Wildman–Crippen LogP) is 2.83. The summed E-state index contributed by atoms with van der Waals surface area (Å²) in [5.74, 6) is 0.579. The number of aromatic nitrogens is 2. The van der Waals surface area contributed by atoms with Crippen LogP contribution < -0.4 is 5.32 Å². The van der Waals surface area contributed by atoms with E-state index < -0.39 is 5.97 Å². The highest BCUT2D eigenvalue weighted by molar-refractivity contribution is 7.98. The molecular formula is C13H21N3O2S. The van der Waals surface area contributed by atoms with Gasteiger partial charge in [0.1, 0.15) is 11.4 Å². The lowest BCUT2D eigenvalue weighted by atomic mass is 10.1. The molecule has 1 N–H and O–H groups in total. The molecule has 0 bridgehead atoms. The van der Waals surface area contributed by atoms with Gasteiger partial charge >= 0.3 is 5.97 Å². The van der Waals surface area contributed by atoms with Crippen LogP contribution in [-0.4, -0.2) is 34.8 Å². The van der Waals surface area contributed by atoms with E-state index in [1.807, 2.05) is 6.26 Å². The largest absolute Gasteiger partial charge is 0.462 e. The van der Waals surface area contributed by atoms with Crippen LogP contribution in [0.1, 0.15) is 38.1 Å². The maximum absolute atomic E-state index is 11.9. The van der Waals surface area contributed by atoms with Crippen LogP contribution in [0.4, 0.5) is 5.82 Å². The van der Waals surface area contributed by atoms with Crippen molar-refractivity contribution in [2.45, 2.75) is 38.9 Å². The summed E-state index contributed by atoms with van der Waals surface area (Å²) in [4.78, 5) is 20.3. The summed E-state index contributed by atoms with van der Waals surface area (Å²) < 4.78 is 5.02. The van der Waals surface area contributed by atoms with Crippen LogP contribution in [0.3, 0.4) is 0 Å². The fourth-order valence-corrected chi connectivity index (χ4v) is 1.66. The molecule has 1 heterocycles. The van der Waals surface area contributed by atoms with Gasteiger partial charge in [-0.2, -0.15) is 0 Å². The van der Waals surface area contributed by atoms with Gasteiger partial charge in [0.05, 0.1) is 6.61 Å². The Morgan fingerprint density at radius 3 is 2.68 bits per heavy atom. The summed E-state index contributed by atoms with van der Waals surface area (Å²) in [5.41, 5.74) is 0.382. The Morgan fingerprint density at radius 1 is 1.47 bits per heavy atom. The van der Waals surface area contributed by atoms with Gasteiger partial charge in [-0.25, -0.2) is 14.8 Å². The number of esters is 1. The number of nitrogens with zero attached hydrogens (tertiary/aromatic N) is 2. The zero-order valence-electron chi connectivity index (χ0n) is 12.1. The Hall–Kier alpha value is -1.30. The van der Waals surface area contributed by atoms with Gasteiger partial charge in [-0.1, -0.05) is 25.6 Å². The van der Waals surface area contributed by atoms with E-state index in [1.54, 1.807) is 6.92 Å². The molecule has 0 aliphatic carbocycles. The number of nitrogens with one attached hydrogen (secondary N) is 1. The predicted molar refractivity (Wildman–Crippen MR) is 77.7 cm³/mol. The molecule has 1 aromatic rings. The quantitative estimate of drug-likeness (QED) is 0.492. The molecule has 0 aliphatic heterocycles. The average molecular weight is 283 g/mol. The molecule has 0 saturated heterocycles. The molecule has 1 aromatic heterocycles. The molecular weight excluding hydrogens is 262 g/mol. The highest BCUT2D eigenvalue weighted by Crippen LogP contribution is 2.19. The number of ether oxygens (including phenoxy) is 1. The number of carbonyl (C=O) groups is 1. The third-order valence-electron chi connectivity index (χ3n) is 2.81. The molecule has 0 aliphatic rings. The third-order valence-corrected chi connectivity index (χ3v) is 3.37. The minimum atomic E-state index is -0.395. The fraction of sp³-hybridized carbons (Fsp3) is 0.615. The summed E-state index contributed by atoms with van der Waals surface area (Å²) in [6, 6.07) is 0.206. The van der Waals surface area contributed by atoms with Crippen molar-refractivity contribution in [1.82, 2.24) is 9.97 Å². The number of thioether (sulfide) groups is 1. The molecule has 1 rings (SSSR count). The molecule has 0 spiro atoms. The van der Waals surface area contributed by atoms with E-state index in [0.29, 0.717) is 29.1 Å². The highest BCUT2D eigenvalue weighted by atomic mass is 32.2. The first-order chi connectivity index (χ1) is 8.99. The van der Waals surface area contributed by atoms with Gasteiger partial charge in [0, 0.05) is 12.2 Å². The summed E-state index contributed by atoms with van der Waals surface area (Å²) >= 11 is 1.44. The lowest BCUT2D eigenvalue weighted by Crippen LogP contribution is -2.24. The van der Waals surface area contributed by atoms with Gasteiger partial charge in [-0.15, -0.1) is 0 Å². The summed E-state index contributed by atoms with van der Waals surface area (Å²) in [6.07, 6.45) is 3.42. The molecule has 0 amide bonds. The molecule has 0 radical (unpaired) electrons. The normalized spacial score (nSPS) is 12.3. The first kappa shape index (κ1) is 15.8. The van der Waals surface area contributed by atoms with Crippen molar-refractivity contribution in [2.75, 3.05) is 18.2 Å². The zero-order valence-corrected chi connectivity index (χ0v) is 12.9. The maximum Gasteiger partial charge on any atom is 0.343 e. The minimum Gasteiger partial charge on any atom is -0.462 e. The van der Waals surface area contributed by atoms with Crippen molar-refractivity contribution in [3.8, 4) is 0 Å². The van der Waals surface area contributed by atoms with Crippen molar-refractivity contribution in [3.63, 3.8) is 0 Å². The van der Waals surface area contributed by atoms with Crippen LogP contribution in [0.25, 0.3) is 0 Å². The van der Waals surface area contributed by atoms with Crippen molar-refractivity contribution >= 4 is 23.5 Å². The molecule has 0 aromatic carbocycles. The molecule has 0 fully saturated rings. The first-order valence-corrected chi connectivity index (χ1v) is 7.56. The van der Waals surface area contributed by atoms with E-state index in [4.69, 9.17) is 4.74 Å². The van der Waals surface area contributed by atoms with Gasteiger partial charge < -0.3 is 10.1 Å². The van der Waals surface area contributed by atoms with Gasteiger partial charge in [0.15, 0.2) is 5.16 Å². The molecule has 19 heavy (non-hydrogen) atoms. The van der Waals surface area contributed by atoms with E-state index in [2.05, 4.69) is 36.1 Å². The number of rotatable bonds is 6. The van der Waals surface area contributed by atoms with Crippen LogP contribution in [0.15, 0.2) is 11.4 Å². The first-order valence-electron chi connectivity index (χ1n) is 6.34. The second-order valence-corrected chi connectivity index (χ2v) is 5.29. The van der Waals surface area contributed by atoms with E-state index in [-0.39, 0.29) is 6.04 Å². The Morgan fingerprint density at radius 2 is 2.16 bits per heavy atom. The average Bonchev–Trinajstić information content (AvgIpc) is 2.38. The number of hydrogen-bond donors (Lipinski definition) is 1. The van der Waals surface area contributed by atoms with Crippen LogP contribution >= 0.6 is 11.8 Å². The van der Waals surface area contributed by atoms with Crippen LogP contribution in [0.2, 0.25) is 0 Å². The Bertz CT molecular complexity index is 438. The Balaban J connectivity index is 3.05. The smallest absolute Gasteiger partial charge is 0.343 e.